The summed E-state index contributed by atoms with van der Waals surface area (Å²) in [6, 6.07) is 9.59. The number of hydrogen-bond donors (Lipinski definition) is 1. The van der Waals surface area contributed by atoms with Gasteiger partial charge in [0.1, 0.15) is 11.5 Å². The number of Topliss-reactive ketones (excluding diaryl/α,β-unsaturated/α-hetero) is 1. The Morgan fingerprint density at radius 2 is 1.93 bits per heavy atom. The van der Waals surface area contributed by atoms with Crippen molar-refractivity contribution in [2.75, 3.05) is 34.3 Å². The van der Waals surface area contributed by atoms with Gasteiger partial charge in [0.05, 0.1) is 18.7 Å². The molecule has 1 aromatic carbocycles. The molecule has 7 nitrogen and oxygen atoms in total. The lowest BCUT2D eigenvalue weighted by Crippen LogP contribution is -2.35. The Balaban J connectivity index is 2.13. The van der Waals surface area contributed by atoms with Gasteiger partial charge in [-0.3, -0.25) is 14.6 Å². The molecule has 28 heavy (non-hydrogen) atoms. The highest BCUT2D eigenvalue weighted by atomic mass is 16.5. The highest BCUT2D eigenvalue weighted by molar-refractivity contribution is 6.46. The molecule has 7 heteroatoms. The van der Waals surface area contributed by atoms with Crippen molar-refractivity contribution in [1.29, 1.82) is 0 Å². The summed E-state index contributed by atoms with van der Waals surface area (Å²) in [5.74, 6) is -0.980. The number of hydrogen-bond acceptors (Lipinski definition) is 6. The lowest BCUT2D eigenvalue weighted by atomic mass is 9.96. The van der Waals surface area contributed by atoms with Crippen LogP contribution in [0.3, 0.4) is 0 Å². The largest absolute Gasteiger partial charge is 0.507 e. The second-order valence-electron chi connectivity index (χ2n) is 6.81. The van der Waals surface area contributed by atoms with Crippen LogP contribution in [0.15, 0.2) is 54.4 Å². The second-order valence-corrected chi connectivity index (χ2v) is 6.81. The highest BCUT2D eigenvalue weighted by Crippen LogP contribution is 2.39. The van der Waals surface area contributed by atoms with E-state index in [1.54, 1.807) is 48.8 Å². The average Bonchev–Trinajstić information content (AvgIpc) is 2.97. The summed E-state index contributed by atoms with van der Waals surface area (Å²) in [6.07, 6.45) is 3.21. The predicted molar refractivity (Wildman–Crippen MR) is 105 cm³/mol. The van der Waals surface area contributed by atoms with Crippen molar-refractivity contribution in [1.82, 2.24) is 14.8 Å². The van der Waals surface area contributed by atoms with Crippen LogP contribution < -0.4 is 4.74 Å². The van der Waals surface area contributed by atoms with Crippen molar-refractivity contribution in [2.24, 2.45) is 0 Å². The molecular weight excluding hydrogens is 358 g/mol. The van der Waals surface area contributed by atoms with Crippen molar-refractivity contribution in [3.8, 4) is 5.75 Å². The van der Waals surface area contributed by atoms with Gasteiger partial charge in [-0.25, -0.2) is 0 Å². The van der Waals surface area contributed by atoms with Crippen LogP contribution in [0, 0.1) is 0 Å². The fourth-order valence-corrected chi connectivity index (χ4v) is 3.24. The van der Waals surface area contributed by atoms with Crippen molar-refractivity contribution in [2.45, 2.75) is 6.04 Å². The lowest BCUT2D eigenvalue weighted by molar-refractivity contribution is -0.140. The molecule has 0 spiro atoms. The van der Waals surface area contributed by atoms with E-state index in [-0.39, 0.29) is 11.3 Å². The third kappa shape index (κ3) is 3.75. The topological polar surface area (TPSA) is 83.0 Å². The molecule has 1 N–H and O–H groups in total. The van der Waals surface area contributed by atoms with Crippen molar-refractivity contribution >= 4 is 17.4 Å². The van der Waals surface area contributed by atoms with E-state index in [4.69, 9.17) is 4.74 Å². The first-order valence-electron chi connectivity index (χ1n) is 8.91. The first-order chi connectivity index (χ1) is 13.4. The Labute approximate surface area is 163 Å². The molecule has 0 bridgehead atoms. The number of aliphatic hydroxyl groups excluding tert-OH is 1. The molecule has 1 atom stereocenters. The number of pyridine rings is 1. The number of carbonyl (C=O) groups excluding carboxylic acids is 2. The number of carbonyl (C=O) groups is 2. The Kier molecular flexibility index (Phi) is 5.75. The van der Waals surface area contributed by atoms with Crippen LogP contribution in [0.2, 0.25) is 0 Å². The maximum Gasteiger partial charge on any atom is 0.295 e. The van der Waals surface area contributed by atoms with Crippen LogP contribution in [0.5, 0.6) is 5.75 Å². The summed E-state index contributed by atoms with van der Waals surface area (Å²) in [6.45, 7) is 0.952. The van der Waals surface area contributed by atoms with Crippen LogP contribution in [0.1, 0.15) is 17.2 Å². The van der Waals surface area contributed by atoms with Crippen LogP contribution in [0.25, 0.3) is 5.76 Å². The first-order valence-corrected chi connectivity index (χ1v) is 8.91. The molecule has 0 saturated carbocycles. The lowest BCUT2D eigenvalue weighted by Gasteiger charge is -2.26. The Hall–Kier alpha value is -3.19. The predicted octanol–water partition coefficient (Wildman–Crippen LogP) is 2.07. The summed E-state index contributed by atoms with van der Waals surface area (Å²) >= 11 is 0. The molecule has 2 heterocycles. The molecule has 1 aliphatic rings. The average molecular weight is 381 g/mol. The number of likely N-dealkylation sites (N-methyl/N-ethyl adjacent to an activating group) is 1. The molecule has 3 rings (SSSR count). The van der Waals surface area contributed by atoms with Crippen molar-refractivity contribution < 1.29 is 19.4 Å². The monoisotopic (exact) mass is 381 g/mol. The highest BCUT2D eigenvalue weighted by Gasteiger charge is 2.45. The van der Waals surface area contributed by atoms with Crippen LogP contribution in [0.4, 0.5) is 0 Å². The molecule has 1 saturated heterocycles. The minimum atomic E-state index is -0.694. The fourth-order valence-electron chi connectivity index (χ4n) is 3.24. The molecule has 0 unspecified atom stereocenters. The third-order valence-corrected chi connectivity index (χ3v) is 4.69. The minimum absolute atomic E-state index is 0.0724. The van der Waals surface area contributed by atoms with Gasteiger partial charge in [0.15, 0.2) is 0 Å². The van der Waals surface area contributed by atoms with Crippen LogP contribution in [-0.2, 0) is 9.59 Å². The van der Waals surface area contributed by atoms with Gasteiger partial charge in [-0.1, -0.05) is 12.1 Å². The summed E-state index contributed by atoms with van der Waals surface area (Å²) < 4.78 is 5.20. The summed E-state index contributed by atoms with van der Waals surface area (Å²) in [4.78, 5) is 33.0. The SMILES string of the molecule is COc1cccc(/C(O)=C2\C(=O)C(=O)N(CCN(C)C)[C@H]2c2ccncc2)c1. The fraction of sp³-hybridized carbons (Fsp3) is 0.286. The Morgan fingerprint density at radius 1 is 1.21 bits per heavy atom. The van der Waals surface area contributed by atoms with Gasteiger partial charge in [-0.05, 0) is 43.9 Å². The van der Waals surface area contributed by atoms with E-state index in [0.717, 1.165) is 5.56 Å². The van der Waals surface area contributed by atoms with Gasteiger partial charge in [-0.15, -0.1) is 0 Å². The third-order valence-electron chi connectivity index (χ3n) is 4.69. The van der Waals surface area contributed by atoms with Crippen molar-refractivity contribution in [3.63, 3.8) is 0 Å². The molecule has 1 fully saturated rings. The smallest absolute Gasteiger partial charge is 0.295 e. The molecular formula is C21H23N3O4. The number of nitrogens with zero attached hydrogens (tertiary/aromatic N) is 3. The molecule has 0 radical (unpaired) electrons. The maximum absolute atomic E-state index is 12.8. The zero-order valence-electron chi connectivity index (χ0n) is 16.1. The molecule has 1 amide bonds. The Morgan fingerprint density at radius 3 is 2.57 bits per heavy atom. The van der Waals surface area contributed by atoms with E-state index < -0.39 is 17.7 Å². The molecule has 0 aliphatic carbocycles. The number of amides is 1. The number of aliphatic hydroxyl groups is 1. The summed E-state index contributed by atoms with van der Waals surface area (Å²) in [5.41, 5.74) is 1.21. The maximum atomic E-state index is 12.8. The number of rotatable bonds is 6. The van der Waals surface area contributed by atoms with Gasteiger partial charge >= 0.3 is 0 Å². The van der Waals surface area contributed by atoms with Gasteiger partial charge in [-0.2, -0.15) is 0 Å². The number of likely N-dealkylation sites (tertiary alicyclic amines) is 1. The standard InChI is InChI=1S/C21H23N3O4/c1-23(2)11-12-24-18(14-7-9-22-10-8-14)17(20(26)21(24)27)19(25)15-5-4-6-16(13-15)28-3/h4-10,13,18,25H,11-12H2,1-3H3/b19-17+/t18-/m0/s1. The number of ketones is 1. The molecule has 146 valence electrons. The van der Waals surface area contributed by atoms with E-state index >= 15 is 0 Å². The van der Waals surface area contributed by atoms with Gasteiger partial charge < -0.3 is 19.6 Å². The van der Waals surface area contributed by atoms with Gasteiger partial charge in [0.25, 0.3) is 11.7 Å². The summed E-state index contributed by atoms with van der Waals surface area (Å²) in [5, 5.41) is 11.0. The van der Waals surface area contributed by atoms with E-state index in [1.807, 2.05) is 19.0 Å². The number of ether oxygens (including phenoxy) is 1. The van der Waals surface area contributed by atoms with Crippen LogP contribution >= 0.6 is 0 Å². The quantitative estimate of drug-likeness (QED) is 0.469. The Bertz CT molecular complexity index is 909. The molecule has 1 aromatic heterocycles. The number of benzene rings is 1. The van der Waals surface area contributed by atoms with Crippen LogP contribution in [-0.4, -0.2) is 65.9 Å². The normalized spacial score (nSPS) is 18.7. The second kappa shape index (κ2) is 8.22. The minimum Gasteiger partial charge on any atom is -0.507 e. The number of aromatic nitrogens is 1. The number of methoxy groups -OCH3 is 1. The zero-order chi connectivity index (χ0) is 20.3. The van der Waals surface area contributed by atoms with Gasteiger partial charge in [0.2, 0.25) is 0 Å². The van der Waals surface area contributed by atoms with E-state index in [2.05, 4.69) is 4.98 Å². The van der Waals surface area contributed by atoms with Gasteiger partial charge in [0, 0.05) is 31.0 Å². The first kappa shape index (κ1) is 19.6. The zero-order valence-corrected chi connectivity index (χ0v) is 16.1. The van der Waals surface area contributed by atoms with E-state index in [9.17, 15) is 14.7 Å². The van der Waals surface area contributed by atoms with Crippen molar-refractivity contribution in [3.05, 3.63) is 65.5 Å². The van der Waals surface area contributed by atoms with E-state index in [0.29, 0.717) is 24.4 Å². The molecule has 2 aromatic rings. The molecule has 1 aliphatic heterocycles. The summed E-state index contributed by atoms with van der Waals surface area (Å²) in [7, 11) is 5.32. The van der Waals surface area contributed by atoms with E-state index in [1.165, 1.54) is 12.0 Å².